The van der Waals surface area contributed by atoms with Crippen molar-refractivity contribution in [3.63, 3.8) is 0 Å². The lowest BCUT2D eigenvalue weighted by atomic mass is 10.0. The molecule has 0 aliphatic carbocycles. The van der Waals surface area contributed by atoms with Crippen LogP contribution in [0.3, 0.4) is 0 Å². The van der Waals surface area contributed by atoms with E-state index in [1.54, 1.807) is 36.4 Å². The fraction of sp³-hybridized carbons (Fsp3) is 0.0500. The van der Waals surface area contributed by atoms with Gasteiger partial charge in [-0.05, 0) is 54.4 Å². The van der Waals surface area contributed by atoms with Gasteiger partial charge in [-0.15, -0.1) is 0 Å². The quantitative estimate of drug-likeness (QED) is 0.538. The Hall–Kier alpha value is -3.45. The van der Waals surface area contributed by atoms with E-state index in [0.717, 1.165) is 16.8 Å². The van der Waals surface area contributed by atoms with Gasteiger partial charge in [0.05, 0.1) is 11.6 Å². The first kappa shape index (κ1) is 15.4. The molecule has 0 saturated carbocycles. The van der Waals surface area contributed by atoms with E-state index >= 15 is 0 Å². The van der Waals surface area contributed by atoms with E-state index in [4.69, 9.17) is 10.00 Å². The number of ether oxygens (including phenoxy) is 1. The van der Waals surface area contributed by atoms with Crippen molar-refractivity contribution in [3.8, 4) is 22.9 Å². The normalized spacial score (nSPS) is 10.0. The first-order chi connectivity index (χ1) is 11.7. The van der Waals surface area contributed by atoms with Crippen molar-refractivity contribution in [2.75, 3.05) is 0 Å². The lowest BCUT2D eigenvalue weighted by Gasteiger charge is -2.06. The zero-order valence-electron chi connectivity index (χ0n) is 13.1. The minimum absolute atomic E-state index is 0.283. The Labute approximate surface area is 140 Å². The monoisotopic (exact) mass is 314 g/mol. The molecule has 0 atom stereocenters. The highest BCUT2D eigenvalue weighted by atomic mass is 16.5. The van der Waals surface area contributed by atoms with Gasteiger partial charge in [0.2, 0.25) is 0 Å². The smallest absolute Gasteiger partial charge is 0.362 e. The third-order valence-corrected chi connectivity index (χ3v) is 3.51. The Morgan fingerprint density at radius 3 is 2.17 bits per heavy atom. The van der Waals surface area contributed by atoms with E-state index in [9.17, 15) is 4.79 Å². The van der Waals surface area contributed by atoms with E-state index in [1.165, 1.54) is 0 Å². The maximum atomic E-state index is 12.1. The summed E-state index contributed by atoms with van der Waals surface area (Å²) in [5, 5.41) is 8.83. The molecule has 24 heavy (non-hydrogen) atoms. The van der Waals surface area contributed by atoms with Gasteiger partial charge in [0.1, 0.15) is 11.4 Å². The van der Waals surface area contributed by atoms with Gasteiger partial charge in [0.15, 0.2) is 0 Å². The van der Waals surface area contributed by atoms with Crippen LogP contribution in [0.4, 0.5) is 0 Å². The highest BCUT2D eigenvalue weighted by Gasteiger charge is 2.10. The maximum absolute atomic E-state index is 12.1. The predicted molar refractivity (Wildman–Crippen MR) is 90.5 cm³/mol. The van der Waals surface area contributed by atoms with E-state index in [-0.39, 0.29) is 5.69 Å². The molecular weight excluding hydrogens is 300 g/mol. The summed E-state index contributed by atoms with van der Waals surface area (Å²) in [7, 11) is 0. The van der Waals surface area contributed by atoms with Gasteiger partial charge in [-0.25, -0.2) is 9.78 Å². The Bertz CT molecular complexity index is 908. The second kappa shape index (κ2) is 6.76. The molecule has 116 valence electrons. The maximum Gasteiger partial charge on any atom is 0.362 e. The van der Waals surface area contributed by atoms with Crippen molar-refractivity contribution >= 4 is 5.97 Å². The van der Waals surface area contributed by atoms with E-state index < -0.39 is 5.97 Å². The summed E-state index contributed by atoms with van der Waals surface area (Å²) in [5.41, 5.74) is 3.64. The number of esters is 1. The summed E-state index contributed by atoms with van der Waals surface area (Å²) >= 11 is 0. The molecule has 3 rings (SSSR count). The fourth-order valence-corrected chi connectivity index (χ4v) is 2.27. The number of aryl methyl sites for hydroxylation is 1. The number of aromatic nitrogens is 1. The number of pyridine rings is 1. The van der Waals surface area contributed by atoms with Crippen molar-refractivity contribution in [2.24, 2.45) is 0 Å². The minimum Gasteiger partial charge on any atom is -0.422 e. The molecule has 4 nitrogen and oxygen atoms in total. The van der Waals surface area contributed by atoms with Gasteiger partial charge in [0.25, 0.3) is 0 Å². The standard InChI is InChI=1S/C20H14N2O2/c1-14-3-2-4-19(22-14)20(23)24-18-11-9-17(10-12-18)16-7-5-15(13-21)6-8-16/h2-12H,1H3. The first-order valence-electron chi connectivity index (χ1n) is 7.42. The summed E-state index contributed by atoms with van der Waals surface area (Å²) in [4.78, 5) is 16.2. The van der Waals surface area contributed by atoms with Gasteiger partial charge in [-0.2, -0.15) is 5.26 Å². The van der Waals surface area contributed by atoms with Crippen molar-refractivity contribution in [1.29, 1.82) is 5.26 Å². The lowest BCUT2D eigenvalue weighted by Crippen LogP contribution is -2.10. The van der Waals surface area contributed by atoms with Crippen LogP contribution in [0, 0.1) is 18.3 Å². The predicted octanol–water partition coefficient (Wildman–Crippen LogP) is 4.15. The van der Waals surface area contributed by atoms with E-state index in [2.05, 4.69) is 11.1 Å². The van der Waals surface area contributed by atoms with Crippen molar-refractivity contribution in [3.05, 3.63) is 83.7 Å². The van der Waals surface area contributed by atoms with Crippen LogP contribution < -0.4 is 4.74 Å². The fourth-order valence-electron chi connectivity index (χ4n) is 2.27. The number of hydrogen-bond acceptors (Lipinski definition) is 4. The third-order valence-electron chi connectivity index (χ3n) is 3.51. The highest BCUT2D eigenvalue weighted by Crippen LogP contribution is 2.23. The van der Waals surface area contributed by atoms with E-state index in [0.29, 0.717) is 11.3 Å². The third kappa shape index (κ3) is 3.47. The number of carbonyl (C=O) groups is 1. The molecule has 1 aromatic heterocycles. The average Bonchev–Trinajstić information content (AvgIpc) is 2.62. The largest absolute Gasteiger partial charge is 0.422 e. The van der Waals surface area contributed by atoms with Gasteiger partial charge in [-0.3, -0.25) is 0 Å². The SMILES string of the molecule is Cc1cccc(C(=O)Oc2ccc(-c3ccc(C#N)cc3)cc2)n1. The average molecular weight is 314 g/mol. The molecule has 0 radical (unpaired) electrons. The Morgan fingerprint density at radius 1 is 0.958 bits per heavy atom. The van der Waals surface area contributed by atoms with Crippen LogP contribution in [0.5, 0.6) is 5.75 Å². The van der Waals surface area contributed by atoms with Crippen molar-refractivity contribution in [2.45, 2.75) is 6.92 Å². The highest BCUT2D eigenvalue weighted by molar-refractivity contribution is 5.89. The minimum atomic E-state index is -0.482. The zero-order valence-corrected chi connectivity index (χ0v) is 13.1. The van der Waals surface area contributed by atoms with Gasteiger partial charge >= 0.3 is 5.97 Å². The van der Waals surface area contributed by atoms with Crippen LogP contribution >= 0.6 is 0 Å². The molecular formula is C20H14N2O2. The number of nitriles is 1. The molecule has 0 bridgehead atoms. The molecule has 2 aromatic carbocycles. The van der Waals surface area contributed by atoms with Crippen molar-refractivity contribution < 1.29 is 9.53 Å². The first-order valence-corrected chi connectivity index (χ1v) is 7.42. The van der Waals surface area contributed by atoms with Crippen LogP contribution in [0.15, 0.2) is 66.7 Å². The van der Waals surface area contributed by atoms with E-state index in [1.807, 2.05) is 37.3 Å². The summed E-state index contributed by atoms with van der Waals surface area (Å²) in [6.45, 7) is 1.82. The molecule has 3 aromatic rings. The molecule has 0 unspecified atom stereocenters. The summed E-state index contributed by atoms with van der Waals surface area (Å²) in [6, 6.07) is 21.8. The number of carbonyl (C=O) groups excluding carboxylic acids is 1. The molecule has 0 fully saturated rings. The molecule has 0 spiro atoms. The van der Waals surface area contributed by atoms with Gasteiger partial charge in [-0.1, -0.05) is 30.3 Å². The molecule has 4 heteroatoms. The van der Waals surface area contributed by atoms with Crippen LogP contribution in [0.2, 0.25) is 0 Å². The van der Waals surface area contributed by atoms with Crippen LogP contribution in [0.1, 0.15) is 21.7 Å². The molecule has 0 aliphatic heterocycles. The van der Waals surface area contributed by atoms with Crippen molar-refractivity contribution in [1.82, 2.24) is 4.98 Å². The summed E-state index contributed by atoms with van der Waals surface area (Å²) in [6.07, 6.45) is 0. The Balaban J connectivity index is 1.74. The second-order valence-electron chi connectivity index (χ2n) is 5.27. The molecule has 1 heterocycles. The number of rotatable bonds is 3. The topological polar surface area (TPSA) is 63.0 Å². The van der Waals surface area contributed by atoms with Gasteiger partial charge < -0.3 is 4.74 Å². The summed E-state index contributed by atoms with van der Waals surface area (Å²) < 4.78 is 5.34. The number of hydrogen-bond donors (Lipinski definition) is 0. The molecule has 0 N–H and O–H groups in total. The zero-order chi connectivity index (χ0) is 16.9. The number of nitrogens with zero attached hydrogens (tertiary/aromatic N) is 2. The summed E-state index contributed by atoms with van der Waals surface area (Å²) in [5.74, 6) is -0.0227. The Kier molecular flexibility index (Phi) is 4.35. The second-order valence-corrected chi connectivity index (χ2v) is 5.27. The molecule has 0 aliphatic rings. The molecule has 0 amide bonds. The van der Waals surface area contributed by atoms with Crippen LogP contribution in [0.25, 0.3) is 11.1 Å². The van der Waals surface area contributed by atoms with Gasteiger partial charge in [0, 0.05) is 5.69 Å². The number of benzene rings is 2. The lowest BCUT2D eigenvalue weighted by molar-refractivity contribution is 0.0728. The Morgan fingerprint density at radius 2 is 1.58 bits per heavy atom. The molecule has 0 saturated heterocycles. The van der Waals surface area contributed by atoms with Crippen LogP contribution in [-0.2, 0) is 0 Å². The van der Waals surface area contributed by atoms with Crippen LogP contribution in [-0.4, -0.2) is 11.0 Å².